The standard InChI is InChI=1S/C26H29F3N4O2/c1-17-15-18(2)30-23-22(17)31-25(26(27,28)29)33(23)16-20-8-6-19(7-9-20)5-4-12-32-13-10-21(11-14-32)24(34)35-3/h4-9,15,21H,10-14,16H2,1-3H3/b5-4+. The Balaban J connectivity index is 1.43. The van der Waals surface area contributed by atoms with E-state index in [4.69, 9.17) is 4.74 Å². The molecule has 0 saturated carbocycles. The van der Waals surface area contributed by atoms with Gasteiger partial charge in [-0.1, -0.05) is 36.4 Å². The first-order chi connectivity index (χ1) is 16.7. The number of nitrogens with zero attached hydrogens (tertiary/aromatic N) is 4. The number of rotatable bonds is 6. The number of pyridine rings is 1. The van der Waals surface area contributed by atoms with Crippen molar-refractivity contribution in [2.24, 2.45) is 5.92 Å². The number of likely N-dealkylation sites (tertiary alicyclic amines) is 1. The topological polar surface area (TPSA) is 60.2 Å². The maximum absolute atomic E-state index is 13.7. The van der Waals surface area contributed by atoms with Gasteiger partial charge in [-0.25, -0.2) is 9.97 Å². The van der Waals surface area contributed by atoms with Gasteiger partial charge in [0.25, 0.3) is 0 Å². The minimum absolute atomic E-state index is 0.0127. The fourth-order valence-electron chi connectivity index (χ4n) is 4.54. The number of aryl methyl sites for hydroxylation is 2. The number of methoxy groups -OCH3 is 1. The van der Waals surface area contributed by atoms with Crippen LogP contribution in [0, 0.1) is 19.8 Å². The van der Waals surface area contributed by atoms with Crippen molar-refractivity contribution < 1.29 is 22.7 Å². The van der Waals surface area contributed by atoms with Crippen molar-refractivity contribution in [3.63, 3.8) is 0 Å². The van der Waals surface area contributed by atoms with Gasteiger partial charge in [-0.2, -0.15) is 13.2 Å². The van der Waals surface area contributed by atoms with Crippen LogP contribution in [0.1, 0.15) is 41.1 Å². The summed E-state index contributed by atoms with van der Waals surface area (Å²) in [6.45, 7) is 6.00. The molecule has 0 unspecified atom stereocenters. The molecule has 4 rings (SSSR count). The number of ether oxygens (including phenoxy) is 1. The summed E-state index contributed by atoms with van der Waals surface area (Å²) in [5.74, 6) is -1.08. The van der Waals surface area contributed by atoms with Gasteiger partial charge >= 0.3 is 12.1 Å². The van der Waals surface area contributed by atoms with Crippen molar-refractivity contribution in [2.75, 3.05) is 26.7 Å². The molecule has 1 aliphatic heterocycles. The number of hydrogen-bond donors (Lipinski definition) is 0. The number of alkyl halides is 3. The molecule has 1 fully saturated rings. The van der Waals surface area contributed by atoms with Gasteiger partial charge < -0.3 is 9.30 Å². The molecule has 0 radical (unpaired) electrons. The second-order valence-electron chi connectivity index (χ2n) is 9.01. The maximum Gasteiger partial charge on any atom is 0.449 e. The van der Waals surface area contributed by atoms with Gasteiger partial charge in [0.15, 0.2) is 5.65 Å². The summed E-state index contributed by atoms with van der Waals surface area (Å²) in [5, 5.41) is 0. The number of hydrogen-bond acceptors (Lipinski definition) is 5. The Morgan fingerprint density at radius 3 is 2.46 bits per heavy atom. The molecule has 6 nitrogen and oxygen atoms in total. The number of piperidine rings is 1. The van der Waals surface area contributed by atoms with Crippen LogP contribution in [0.2, 0.25) is 0 Å². The molecule has 0 amide bonds. The zero-order valence-electron chi connectivity index (χ0n) is 20.1. The SMILES string of the molecule is COC(=O)C1CCN(C/C=C/c2ccc(Cn3c(C(F)(F)F)nc4c(C)cc(C)nc43)cc2)CC1. The molecule has 0 aliphatic carbocycles. The Morgan fingerprint density at radius 2 is 1.83 bits per heavy atom. The molecular weight excluding hydrogens is 457 g/mol. The molecule has 186 valence electrons. The Hall–Kier alpha value is -3.20. The lowest BCUT2D eigenvalue weighted by Gasteiger charge is -2.29. The van der Waals surface area contributed by atoms with Crippen LogP contribution in [0.25, 0.3) is 17.2 Å². The number of benzene rings is 1. The highest BCUT2D eigenvalue weighted by Gasteiger charge is 2.38. The molecular formula is C26H29F3N4O2. The number of carbonyl (C=O) groups is 1. The Kier molecular flexibility index (Phi) is 7.25. The quantitative estimate of drug-likeness (QED) is 0.459. The van der Waals surface area contributed by atoms with Gasteiger partial charge in [-0.15, -0.1) is 0 Å². The van der Waals surface area contributed by atoms with Crippen LogP contribution in [0.15, 0.2) is 36.4 Å². The van der Waals surface area contributed by atoms with Crippen LogP contribution in [0.4, 0.5) is 13.2 Å². The summed E-state index contributed by atoms with van der Waals surface area (Å²) < 4.78 is 47.1. The van der Waals surface area contributed by atoms with E-state index in [1.54, 1.807) is 19.9 Å². The van der Waals surface area contributed by atoms with E-state index in [0.29, 0.717) is 11.3 Å². The van der Waals surface area contributed by atoms with Crippen LogP contribution in [0.5, 0.6) is 0 Å². The average Bonchev–Trinajstić information content (AvgIpc) is 3.19. The van der Waals surface area contributed by atoms with Crippen molar-refractivity contribution in [3.8, 4) is 0 Å². The fraction of sp³-hybridized carbons (Fsp3) is 0.423. The number of halogens is 3. The van der Waals surface area contributed by atoms with Crippen LogP contribution < -0.4 is 0 Å². The number of aromatic nitrogens is 3. The lowest BCUT2D eigenvalue weighted by Crippen LogP contribution is -2.36. The Labute approximate surface area is 202 Å². The summed E-state index contributed by atoms with van der Waals surface area (Å²) in [6, 6.07) is 9.19. The van der Waals surface area contributed by atoms with E-state index < -0.39 is 12.0 Å². The van der Waals surface area contributed by atoms with E-state index >= 15 is 0 Å². The monoisotopic (exact) mass is 486 g/mol. The third-order valence-corrected chi connectivity index (χ3v) is 6.39. The lowest BCUT2D eigenvalue weighted by atomic mass is 9.97. The van der Waals surface area contributed by atoms with E-state index in [2.05, 4.69) is 20.9 Å². The fourth-order valence-corrected chi connectivity index (χ4v) is 4.54. The van der Waals surface area contributed by atoms with Crippen LogP contribution in [-0.2, 0) is 22.3 Å². The number of carbonyl (C=O) groups excluding carboxylic acids is 1. The number of fused-ring (bicyclic) bond motifs is 1. The van der Waals surface area contributed by atoms with Gasteiger partial charge in [-0.3, -0.25) is 9.69 Å². The Bertz CT molecular complexity index is 1220. The van der Waals surface area contributed by atoms with Gasteiger partial charge in [-0.05, 0) is 62.5 Å². The van der Waals surface area contributed by atoms with Gasteiger partial charge in [0.2, 0.25) is 5.82 Å². The van der Waals surface area contributed by atoms with Crippen LogP contribution in [0.3, 0.4) is 0 Å². The first kappa shape index (κ1) is 24.9. The molecule has 3 heterocycles. The van der Waals surface area contributed by atoms with E-state index in [1.165, 1.54) is 7.11 Å². The normalized spacial score (nSPS) is 15.8. The molecule has 1 aromatic carbocycles. The molecule has 3 aromatic rings. The summed E-state index contributed by atoms with van der Waals surface area (Å²) >= 11 is 0. The van der Waals surface area contributed by atoms with Crippen molar-refractivity contribution in [1.29, 1.82) is 0 Å². The predicted molar refractivity (Wildman–Crippen MR) is 128 cm³/mol. The Morgan fingerprint density at radius 1 is 1.14 bits per heavy atom. The smallest absolute Gasteiger partial charge is 0.449 e. The molecule has 0 spiro atoms. The number of esters is 1. The summed E-state index contributed by atoms with van der Waals surface area (Å²) in [6.07, 6.45) is 1.08. The summed E-state index contributed by atoms with van der Waals surface area (Å²) in [7, 11) is 1.42. The molecule has 0 atom stereocenters. The average molecular weight is 487 g/mol. The van der Waals surface area contributed by atoms with Crippen LogP contribution >= 0.6 is 0 Å². The van der Waals surface area contributed by atoms with Crippen molar-refractivity contribution in [3.05, 3.63) is 64.6 Å². The number of imidazole rings is 1. The van der Waals surface area contributed by atoms with Crippen molar-refractivity contribution >= 4 is 23.2 Å². The molecule has 35 heavy (non-hydrogen) atoms. The van der Waals surface area contributed by atoms with Crippen molar-refractivity contribution in [1.82, 2.24) is 19.4 Å². The highest BCUT2D eigenvalue weighted by molar-refractivity contribution is 5.76. The summed E-state index contributed by atoms with van der Waals surface area (Å²) in [5.41, 5.74) is 3.55. The van der Waals surface area contributed by atoms with Crippen molar-refractivity contribution in [2.45, 2.75) is 39.4 Å². The maximum atomic E-state index is 13.7. The third-order valence-electron chi connectivity index (χ3n) is 6.39. The minimum Gasteiger partial charge on any atom is -0.469 e. The minimum atomic E-state index is -4.57. The molecule has 0 N–H and O–H groups in total. The highest BCUT2D eigenvalue weighted by Crippen LogP contribution is 2.32. The first-order valence-corrected chi connectivity index (χ1v) is 11.6. The lowest BCUT2D eigenvalue weighted by molar-refractivity contribution is -0.147. The molecule has 0 bridgehead atoms. The van der Waals surface area contributed by atoms with Crippen LogP contribution in [-0.4, -0.2) is 52.1 Å². The van der Waals surface area contributed by atoms with E-state index in [0.717, 1.165) is 48.2 Å². The summed E-state index contributed by atoms with van der Waals surface area (Å²) in [4.78, 5) is 22.1. The van der Waals surface area contributed by atoms with E-state index in [9.17, 15) is 18.0 Å². The van der Waals surface area contributed by atoms with Gasteiger partial charge in [0, 0.05) is 12.2 Å². The predicted octanol–water partition coefficient (Wildman–Crippen LogP) is 5.01. The molecule has 1 aliphatic rings. The highest BCUT2D eigenvalue weighted by atomic mass is 19.4. The largest absolute Gasteiger partial charge is 0.469 e. The van der Waals surface area contributed by atoms with E-state index in [-0.39, 0.29) is 29.6 Å². The van der Waals surface area contributed by atoms with Gasteiger partial charge in [0.05, 0.1) is 19.6 Å². The van der Waals surface area contributed by atoms with E-state index in [1.807, 2.05) is 30.3 Å². The van der Waals surface area contributed by atoms with Gasteiger partial charge in [0.1, 0.15) is 5.52 Å². The molecule has 2 aromatic heterocycles. The molecule has 9 heteroatoms. The zero-order valence-corrected chi connectivity index (χ0v) is 20.1. The second-order valence-corrected chi connectivity index (χ2v) is 9.01. The zero-order chi connectivity index (χ0) is 25.2. The third kappa shape index (κ3) is 5.73. The molecule has 1 saturated heterocycles. The second kappa shape index (κ2) is 10.2. The first-order valence-electron chi connectivity index (χ1n) is 11.6.